The van der Waals surface area contributed by atoms with Crippen molar-refractivity contribution in [2.24, 2.45) is 5.92 Å². The Hall–Kier alpha value is -5.77. The molecule has 8 rings (SSSR count). The van der Waals surface area contributed by atoms with E-state index in [0.29, 0.717) is 22.7 Å². The lowest BCUT2D eigenvalue weighted by Gasteiger charge is -2.39. The first-order valence-electron chi connectivity index (χ1n) is 14.5. The number of nitro groups is 1. The number of Topliss-reactive ketones (excluding diaryl/α,β-unsaturated/α-hetero) is 2. The zero-order valence-electron chi connectivity index (χ0n) is 23.9. The fourth-order valence-corrected chi connectivity index (χ4v) is 7.53. The number of ketones is 2. The Labute approximate surface area is 257 Å². The molecule has 0 aliphatic carbocycles. The minimum Gasteiger partial charge on any atom is -0.454 e. The molecule has 0 radical (unpaired) electrons. The van der Waals surface area contributed by atoms with Crippen LogP contribution in [0.15, 0.2) is 97.1 Å². The van der Waals surface area contributed by atoms with E-state index in [-0.39, 0.29) is 29.5 Å². The van der Waals surface area contributed by atoms with Crippen molar-refractivity contribution in [3.8, 4) is 11.5 Å². The highest BCUT2D eigenvalue weighted by Gasteiger charge is 2.70. The zero-order valence-corrected chi connectivity index (χ0v) is 23.9. The minimum absolute atomic E-state index is 0.0219. The molecule has 4 atom stereocenters. The summed E-state index contributed by atoms with van der Waals surface area (Å²) in [5.41, 5.74) is 2.56. The van der Waals surface area contributed by atoms with Crippen molar-refractivity contribution in [1.82, 2.24) is 0 Å². The number of para-hydroxylation sites is 2. The van der Waals surface area contributed by atoms with E-state index >= 15 is 4.79 Å². The lowest BCUT2D eigenvalue weighted by Crippen LogP contribution is -2.51. The van der Waals surface area contributed by atoms with Crippen LogP contribution in [0.2, 0.25) is 0 Å². The molecule has 4 aliphatic rings. The number of nitrogens with one attached hydrogen (secondary N) is 1. The van der Waals surface area contributed by atoms with Gasteiger partial charge in [-0.3, -0.25) is 24.5 Å². The molecule has 4 aliphatic heterocycles. The maximum atomic E-state index is 15.0. The van der Waals surface area contributed by atoms with Crippen LogP contribution < -0.4 is 19.7 Å². The quantitative estimate of drug-likeness (QED) is 0.179. The predicted octanol–water partition coefficient (Wildman–Crippen LogP) is 5.57. The molecule has 1 amide bonds. The van der Waals surface area contributed by atoms with Gasteiger partial charge in [-0.2, -0.15) is 0 Å². The highest BCUT2D eigenvalue weighted by Crippen LogP contribution is 2.59. The Balaban J connectivity index is 1.40. The fraction of sp³-hybridized carbons (Fsp3) is 0.171. The summed E-state index contributed by atoms with van der Waals surface area (Å²) >= 11 is 0. The average molecular weight is 600 g/mol. The second kappa shape index (κ2) is 9.62. The number of carbonyl (C=O) groups excluding carboxylic acids is 3. The summed E-state index contributed by atoms with van der Waals surface area (Å²) in [4.78, 5) is 57.1. The molecule has 10 nitrogen and oxygen atoms in total. The molecule has 10 heteroatoms. The normalized spacial score (nSPS) is 23.6. The molecule has 4 aromatic carbocycles. The maximum absolute atomic E-state index is 15.0. The summed E-state index contributed by atoms with van der Waals surface area (Å²) in [5, 5.41) is 14.4. The molecule has 0 bridgehead atoms. The van der Waals surface area contributed by atoms with E-state index in [9.17, 15) is 19.7 Å². The Morgan fingerprint density at radius 3 is 2.42 bits per heavy atom. The molecular weight excluding hydrogens is 574 g/mol. The standard InChI is InChI=1S/C35H25N3O7/c1-19-16-29-35(24-7-3-4-8-25(24)36-34(35)41)30(32(39)21-12-15-27-28(17-21)45-18-44-27)31(37(29)26-9-5-2-6-23(19)26)33(40)20-10-13-22(14-11-20)38(42)43/h2-17,29-31H,18H2,1H3,(H,36,41)/t29-,30+,31-,35+/m1/s1. The van der Waals surface area contributed by atoms with Crippen molar-refractivity contribution in [3.05, 3.63) is 129 Å². The Morgan fingerprint density at radius 1 is 0.911 bits per heavy atom. The van der Waals surface area contributed by atoms with Crippen LogP contribution in [0, 0.1) is 16.0 Å². The second-order valence-corrected chi connectivity index (χ2v) is 11.6. The number of amides is 1. The number of rotatable bonds is 5. The zero-order chi connectivity index (χ0) is 31.0. The first-order valence-corrected chi connectivity index (χ1v) is 14.5. The second-order valence-electron chi connectivity index (χ2n) is 11.6. The highest BCUT2D eigenvalue weighted by atomic mass is 16.7. The van der Waals surface area contributed by atoms with Gasteiger partial charge < -0.3 is 19.7 Å². The van der Waals surface area contributed by atoms with E-state index in [4.69, 9.17) is 9.47 Å². The van der Waals surface area contributed by atoms with E-state index in [1.807, 2.05) is 60.4 Å². The molecule has 222 valence electrons. The number of non-ortho nitro benzene ring substituents is 1. The Kier molecular flexibility index (Phi) is 5.73. The van der Waals surface area contributed by atoms with Gasteiger partial charge in [0.2, 0.25) is 12.7 Å². The average Bonchev–Trinajstić information content (AvgIpc) is 3.73. The minimum atomic E-state index is -1.49. The van der Waals surface area contributed by atoms with Crippen LogP contribution in [0.4, 0.5) is 17.1 Å². The van der Waals surface area contributed by atoms with Gasteiger partial charge in [-0.1, -0.05) is 42.5 Å². The van der Waals surface area contributed by atoms with Gasteiger partial charge in [0.1, 0.15) is 11.5 Å². The van der Waals surface area contributed by atoms with E-state index in [2.05, 4.69) is 5.32 Å². The van der Waals surface area contributed by atoms with Crippen LogP contribution in [0.25, 0.3) is 5.57 Å². The number of hydrogen-bond acceptors (Lipinski definition) is 8. The van der Waals surface area contributed by atoms with Crippen molar-refractivity contribution >= 4 is 40.1 Å². The van der Waals surface area contributed by atoms with E-state index in [1.54, 1.807) is 24.3 Å². The summed E-state index contributed by atoms with van der Waals surface area (Å²) < 4.78 is 11.1. The summed E-state index contributed by atoms with van der Waals surface area (Å²) in [6, 6.07) is 23.3. The van der Waals surface area contributed by atoms with Crippen molar-refractivity contribution < 1.29 is 28.8 Å². The maximum Gasteiger partial charge on any atom is 0.269 e. The van der Waals surface area contributed by atoms with Crippen LogP contribution in [-0.4, -0.2) is 41.3 Å². The number of anilines is 2. The summed E-state index contributed by atoms with van der Waals surface area (Å²) in [7, 11) is 0. The highest BCUT2D eigenvalue weighted by molar-refractivity contribution is 6.18. The van der Waals surface area contributed by atoms with Gasteiger partial charge in [-0.25, -0.2) is 0 Å². The summed E-state index contributed by atoms with van der Waals surface area (Å²) in [5.74, 6) is -1.49. The van der Waals surface area contributed by atoms with Crippen molar-refractivity contribution in [3.63, 3.8) is 0 Å². The first-order chi connectivity index (χ1) is 21.8. The van der Waals surface area contributed by atoms with Gasteiger partial charge in [0, 0.05) is 40.2 Å². The molecule has 1 fully saturated rings. The number of fused-ring (bicyclic) bond motifs is 7. The van der Waals surface area contributed by atoms with Crippen molar-refractivity contribution in [2.45, 2.75) is 24.4 Å². The SMILES string of the molecule is CC1=C[C@H]2N(c3ccccc31)[C@@H](C(=O)c1ccc([N+](=O)[O-])cc1)[C@@H](C(=O)c1ccc3c(c1)OCO3)[C@@]21C(=O)Nc2ccccc21. The predicted molar refractivity (Wildman–Crippen MR) is 165 cm³/mol. The van der Waals surface area contributed by atoms with Crippen molar-refractivity contribution in [2.75, 3.05) is 17.0 Å². The number of benzene rings is 4. The number of allylic oxidation sites excluding steroid dienone is 1. The van der Waals surface area contributed by atoms with Gasteiger partial charge in [0.25, 0.3) is 5.69 Å². The van der Waals surface area contributed by atoms with Gasteiger partial charge >= 0.3 is 0 Å². The summed E-state index contributed by atoms with van der Waals surface area (Å²) in [6.07, 6.45) is 1.98. The molecule has 1 spiro atoms. The lowest BCUT2D eigenvalue weighted by atomic mass is 9.64. The molecule has 1 saturated heterocycles. The number of hydrogen-bond donors (Lipinski definition) is 1. The largest absolute Gasteiger partial charge is 0.454 e. The van der Waals surface area contributed by atoms with E-state index in [0.717, 1.165) is 16.8 Å². The molecule has 45 heavy (non-hydrogen) atoms. The van der Waals surface area contributed by atoms with Crippen LogP contribution >= 0.6 is 0 Å². The molecule has 0 saturated carbocycles. The number of nitro benzene ring substituents is 1. The smallest absolute Gasteiger partial charge is 0.269 e. The number of nitrogens with zero attached hydrogens (tertiary/aromatic N) is 2. The van der Waals surface area contributed by atoms with Gasteiger partial charge in [0.15, 0.2) is 23.1 Å². The number of carbonyl (C=O) groups is 3. The van der Waals surface area contributed by atoms with Crippen LogP contribution in [0.5, 0.6) is 11.5 Å². The molecule has 4 aromatic rings. The van der Waals surface area contributed by atoms with Gasteiger partial charge in [-0.15, -0.1) is 0 Å². The van der Waals surface area contributed by atoms with Crippen LogP contribution in [0.1, 0.15) is 38.8 Å². The van der Waals surface area contributed by atoms with E-state index < -0.39 is 39.9 Å². The first kappa shape index (κ1) is 26.8. The molecule has 0 aromatic heterocycles. The van der Waals surface area contributed by atoms with Crippen LogP contribution in [0.3, 0.4) is 0 Å². The van der Waals surface area contributed by atoms with Gasteiger partial charge in [-0.05, 0) is 60.5 Å². The monoisotopic (exact) mass is 599 g/mol. The molecule has 0 unspecified atom stereocenters. The Bertz CT molecular complexity index is 2000. The van der Waals surface area contributed by atoms with Crippen molar-refractivity contribution in [1.29, 1.82) is 0 Å². The number of ether oxygens (including phenoxy) is 2. The fourth-order valence-electron chi connectivity index (χ4n) is 7.53. The molecule has 1 N–H and O–H groups in total. The topological polar surface area (TPSA) is 128 Å². The summed E-state index contributed by atoms with van der Waals surface area (Å²) in [6.45, 7) is 1.98. The third-order valence-electron chi connectivity index (χ3n) is 9.45. The van der Waals surface area contributed by atoms with Crippen LogP contribution in [-0.2, 0) is 10.2 Å². The molecule has 4 heterocycles. The van der Waals surface area contributed by atoms with E-state index in [1.165, 1.54) is 24.3 Å². The third kappa shape index (κ3) is 3.65. The lowest BCUT2D eigenvalue weighted by molar-refractivity contribution is -0.384. The Morgan fingerprint density at radius 2 is 1.62 bits per heavy atom. The van der Waals surface area contributed by atoms with Gasteiger partial charge in [0.05, 0.1) is 16.9 Å². The molecular formula is C35H25N3O7. The third-order valence-corrected chi connectivity index (χ3v) is 9.45.